The number of hydrogen-bond acceptors (Lipinski definition) is 2. The van der Waals surface area contributed by atoms with Gasteiger partial charge in [-0.1, -0.05) is 18.6 Å². The van der Waals surface area contributed by atoms with Crippen LogP contribution in [0, 0.1) is 0 Å². The van der Waals surface area contributed by atoms with Crippen LogP contribution in [0.3, 0.4) is 0 Å². The van der Waals surface area contributed by atoms with Gasteiger partial charge in [0.25, 0.3) is 0 Å². The van der Waals surface area contributed by atoms with Gasteiger partial charge in [-0.3, -0.25) is 0 Å². The molecule has 0 aliphatic carbocycles. The lowest BCUT2D eigenvalue weighted by Gasteiger charge is -2.02. The molecular formula is C11H22BFS2. The van der Waals surface area contributed by atoms with Gasteiger partial charge in [0.2, 0.25) is 0 Å². The third-order valence-corrected chi connectivity index (χ3v) is 3.18. The molecule has 1 unspecified atom stereocenters. The van der Waals surface area contributed by atoms with Crippen molar-refractivity contribution in [3.05, 3.63) is 12.2 Å². The molecule has 0 aliphatic heterocycles. The predicted molar refractivity (Wildman–Crippen MR) is 76.6 cm³/mol. The number of alkyl halides is 1. The Balaban J connectivity index is 3.21. The van der Waals surface area contributed by atoms with E-state index in [1.807, 2.05) is 13.2 Å². The molecule has 0 heterocycles. The quantitative estimate of drug-likeness (QED) is 0.267. The minimum absolute atomic E-state index is 0.590. The molecule has 0 nitrogen and oxygen atoms in total. The van der Waals surface area contributed by atoms with Crippen molar-refractivity contribution in [2.75, 3.05) is 11.5 Å². The standard InChI is InChI=1S/C11H22BFS2/c12-15-10-8-11(13)7-5-3-1-2-4-6-9-14/h3,5,11,14H,1-2,4,6-10,12H2/b5-3-. The van der Waals surface area contributed by atoms with Gasteiger partial charge < -0.3 is 0 Å². The average molecular weight is 248 g/mol. The largest absolute Gasteiger partial charge is 0.247 e. The Kier molecular flexibility index (Phi) is 12.9. The summed E-state index contributed by atoms with van der Waals surface area (Å²) >= 11 is 5.87. The Morgan fingerprint density at radius 3 is 2.73 bits per heavy atom. The summed E-state index contributed by atoms with van der Waals surface area (Å²) < 4.78 is 13.1. The first kappa shape index (κ1) is 15.4. The Hall–Kier alpha value is 0.435. The Morgan fingerprint density at radius 1 is 1.27 bits per heavy atom. The van der Waals surface area contributed by atoms with Crippen molar-refractivity contribution in [1.82, 2.24) is 0 Å². The van der Waals surface area contributed by atoms with Crippen LogP contribution < -0.4 is 0 Å². The molecule has 0 saturated heterocycles. The molecular weight excluding hydrogens is 226 g/mol. The van der Waals surface area contributed by atoms with Crippen LogP contribution in [0.25, 0.3) is 0 Å². The van der Waals surface area contributed by atoms with Crippen molar-refractivity contribution < 1.29 is 4.39 Å². The average Bonchev–Trinajstić information content (AvgIpc) is 2.25. The Bertz CT molecular complexity index is 154. The lowest BCUT2D eigenvalue weighted by atomic mass is 10.1. The van der Waals surface area contributed by atoms with Gasteiger partial charge in [-0.15, -0.1) is 0 Å². The van der Waals surface area contributed by atoms with Crippen LogP contribution in [0.2, 0.25) is 0 Å². The third-order valence-electron chi connectivity index (χ3n) is 2.22. The smallest absolute Gasteiger partial charge is 0.173 e. The van der Waals surface area contributed by atoms with E-state index in [9.17, 15) is 4.39 Å². The summed E-state index contributed by atoms with van der Waals surface area (Å²) in [5, 5.41) is 0. The molecule has 0 radical (unpaired) electrons. The van der Waals surface area contributed by atoms with Crippen LogP contribution in [-0.2, 0) is 0 Å². The molecule has 0 bridgehead atoms. The second-order valence-corrected chi connectivity index (χ2v) is 5.09. The molecule has 0 saturated carbocycles. The van der Waals surface area contributed by atoms with E-state index < -0.39 is 6.17 Å². The second-order valence-electron chi connectivity index (χ2n) is 3.66. The van der Waals surface area contributed by atoms with Crippen LogP contribution in [0.5, 0.6) is 0 Å². The first-order valence-electron chi connectivity index (χ1n) is 5.70. The minimum atomic E-state index is -0.647. The fraction of sp³-hybridized carbons (Fsp3) is 0.818. The fourth-order valence-corrected chi connectivity index (χ4v) is 1.99. The highest BCUT2D eigenvalue weighted by molar-refractivity contribution is 8.19. The summed E-state index contributed by atoms with van der Waals surface area (Å²) in [6, 6.07) is 0. The molecule has 0 spiro atoms. The minimum Gasteiger partial charge on any atom is -0.247 e. The molecule has 4 heteroatoms. The summed E-state index contributed by atoms with van der Waals surface area (Å²) in [6.45, 7) is 0. The summed E-state index contributed by atoms with van der Waals surface area (Å²) in [6.07, 6.45) is 9.46. The number of unbranched alkanes of at least 4 members (excludes halogenated alkanes) is 3. The van der Waals surface area contributed by atoms with E-state index in [2.05, 4.69) is 18.7 Å². The van der Waals surface area contributed by atoms with E-state index in [-0.39, 0.29) is 0 Å². The van der Waals surface area contributed by atoms with E-state index in [1.54, 1.807) is 11.6 Å². The molecule has 1 atom stereocenters. The molecule has 0 aromatic carbocycles. The third kappa shape index (κ3) is 12.4. The molecule has 0 fully saturated rings. The van der Waals surface area contributed by atoms with Crippen molar-refractivity contribution in [2.24, 2.45) is 0 Å². The molecule has 0 aromatic heterocycles. The highest BCUT2D eigenvalue weighted by Crippen LogP contribution is 2.09. The first-order valence-corrected chi connectivity index (χ1v) is 7.72. The fourth-order valence-electron chi connectivity index (χ4n) is 1.28. The summed E-state index contributed by atoms with van der Waals surface area (Å²) in [5.41, 5.74) is 0. The van der Waals surface area contributed by atoms with Crippen LogP contribution in [0.1, 0.15) is 38.5 Å². The van der Waals surface area contributed by atoms with Crippen LogP contribution in [-0.4, -0.2) is 24.8 Å². The van der Waals surface area contributed by atoms with E-state index in [4.69, 9.17) is 0 Å². The van der Waals surface area contributed by atoms with Gasteiger partial charge in [0.05, 0.1) is 0 Å². The zero-order valence-corrected chi connectivity index (χ0v) is 11.3. The molecule has 0 amide bonds. The Morgan fingerprint density at radius 2 is 2.07 bits per heavy atom. The zero-order chi connectivity index (χ0) is 11.4. The van der Waals surface area contributed by atoms with Crippen LogP contribution in [0.15, 0.2) is 12.2 Å². The van der Waals surface area contributed by atoms with Crippen LogP contribution in [0.4, 0.5) is 4.39 Å². The Labute approximate surface area is 104 Å². The molecule has 15 heavy (non-hydrogen) atoms. The summed E-state index contributed by atoms with van der Waals surface area (Å²) in [5.74, 6) is 1.90. The highest BCUT2D eigenvalue weighted by Gasteiger charge is 2.01. The first-order chi connectivity index (χ1) is 7.31. The number of rotatable bonds is 10. The zero-order valence-electron chi connectivity index (χ0n) is 9.62. The van der Waals surface area contributed by atoms with Gasteiger partial charge in [-0.2, -0.15) is 12.6 Å². The topological polar surface area (TPSA) is 0 Å². The molecule has 0 aliphatic rings. The molecule has 0 N–H and O–H groups in total. The lowest BCUT2D eigenvalue weighted by molar-refractivity contribution is 0.329. The molecule has 88 valence electrons. The maximum Gasteiger partial charge on any atom is 0.173 e. The summed E-state index contributed by atoms with van der Waals surface area (Å²) in [4.78, 5) is 0. The van der Waals surface area contributed by atoms with Crippen molar-refractivity contribution >= 4 is 31.4 Å². The monoisotopic (exact) mass is 248 g/mol. The van der Waals surface area contributed by atoms with Gasteiger partial charge in [0, 0.05) is 0 Å². The van der Waals surface area contributed by atoms with E-state index in [0.717, 1.165) is 17.9 Å². The van der Waals surface area contributed by atoms with E-state index >= 15 is 0 Å². The SMILES string of the molecule is BSCCC(F)C/C=C\CCCCCS. The maximum atomic E-state index is 13.1. The van der Waals surface area contributed by atoms with Crippen molar-refractivity contribution in [2.45, 2.75) is 44.7 Å². The normalized spacial score (nSPS) is 13.5. The van der Waals surface area contributed by atoms with Crippen molar-refractivity contribution in [1.29, 1.82) is 0 Å². The number of hydrogen-bond donors (Lipinski definition) is 1. The van der Waals surface area contributed by atoms with Crippen LogP contribution >= 0.6 is 24.2 Å². The predicted octanol–water partition coefficient (Wildman–Crippen LogP) is 3.43. The van der Waals surface area contributed by atoms with Crippen molar-refractivity contribution in [3.63, 3.8) is 0 Å². The van der Waals surface area contributed by atoms with E-state index in [1.165, 1.54) is 19.3 Å². The number of halogens is 1. The maximum absolute atomic E-state index is 13.1. The van der Waals surface area contributed by atoms with Gasteiger partial charge >= 0.3 is 0 Å². The number of allylic oxidation sites excluding steroid dienone is 2. The van der Waals surface area contributed by atoms with Gasteiger partial charge in [0.1, 0.15) is 6.17 Å². The second kappa shape index (κ2) is 12.5. The van der Waals surface area contributed by atoms with E-state index in [0.29, 0.717) is 12.8 Å². The van der Waals surface area contributed by atoms with Gasteiger partial charge in [-0.25, -0.2) is 16.0 Å². The summed E-state index contributed by atoms with van der Waals surface area (Å²) in [7, 11) is 2.02. The number of thiol groups is 1. The van der Waals surface area contributed by atoms with Gasteiger partial charge in [0.15, 0.2) is 7.12 Å². The van der Waals surface area contributed by atoms with Gasteiger partial charge in [-0.05, 0) is 43.6 Å². The molecule has 0 aromatic rings. The lowest BCUT2D eigenvalue weighted by Crippen LogP contribution is -1.99. The van der Waals surface area contributed by atoms with Crippen molar-refractivity contribution in [3.8, 4) is 0 Å². The molecule has 0 rings (SSSR count). The highest BCUT2D eigenvalue weighted by atomic mass is 32.2.